The molecule has 0 N–H and O–H groups in total. The molecule has 0 unspecified atom stereocenters. The Bertz CT molecular complexity index is 432. The van der Waals surface area contributed by atoms with E-state index in [9.17, 15) is 0 Å². The van der Waals surface area contributed by atoms with E-state index >= 15 is 0 Å². The zero-order valence-corrected chi connectivity index (χ0v) is 11.0. The predicted octanol–water partition coefficient (Wildman–Crippen LogP) is 3.90. The monoisotopic (exact) mass is 262 g/mol. The Hall–Kier alpha value is -1.78. The number of hydrogen-bond donors (Lipinski definition) is 0. The van der Waals surface area contributed by atoms with E-state index in [1.54, 1.807) is 12.5 Å². The lowest BCUT2D eigenvalue weighted by molar-refractivity contribution is -0.160. The van der Waals surface area contributed by atoms with Crippen molar-refractivity contribution in [2.45, 2.75) is 32.8 Å². The van der Waals surface area contributed by atoms with Crippen LogP contribution in [0.4, 0.5) is 0 Å². The molecule has 2 heterocycles. The van der Waals surface area contributed by atoms with Crippen LogP contribution in [0.1, 0.15) is 24.9 Å². The zero-order valence-electron chi connectivity index (χ0n) is 11.0. The molecular weight excluding hydrogens is 244 g/mol. The number of ether oxygens (including phenoxy) is 2. The van der Waals surface area contributed by atoms with E-state index in [1.807, 2.05) is 31.2 Å². The lowest BCUT2D eigenvalue weighted by Gasteiger charge is -2.17. The molecule has 0 spiro atoms. The lowest BCUT2D eigenvalue weighted by atomic mass is 10.2. The largest absolute Gasteiger partial charge is 0.467 e. The summed E-state index contributed by atoms with van der Waals surface area (Å²) < 4.78 is 21.8. The standard InChI is InChI=1S/C15H18O4/c1-12(2)9-15(18-10-13-5-3-7-16-13)19-11-14-6-4-8-17-14/h3-8,15H,1,9-11H2,2H3. The average molecular weight is 262 g/mol. The third-order valence-corrected chi connectivity index (χ3v) is 2.50. The van der Waals surface area contributed by atoms with E-state index in [1.165, 1.54) is 0 Å². The maximum Gasteiger partial charge on any atom is 0.162 e. The molecule has 0 aliphatic rings. The van der Waals surface area contributed by atoms with Gasteiger partial charge in [0.05, 0.1) is 12.5 Å². The Morgan fingerprint density at radius 2 is 1.63 bits per heavy atom. The Kier molecular flexibility index (Phi) is 5.01. The molecule has 0 radical (unpaired) electrons. The van der Waals surface area contributed by atoms with Gasteiger partial charge in [0, 0.05) is 6.42 Å². The lowest BCUT2D eigenvalue weighted by Crippen LogP contribution is -2.17. The molecule has 2 aromatic rings. The third-order valence-electron chi connectivity index (χ3n) is 2.50. The van der Waals surface area contributed by atoms with Gasteiger partial charge in [-0.3, -0.25) is 0 Å². The highest BCUT2D eigenvalue weighted by molar-refractivity contribution is 4.97. The number of rotatable bonds is 8. The predicted molar refractivity (Wildman–Crippen MR) is 70.2 cm³/mol. The van der Waals surface area contributed by atoms with Gasteiger partial charge in [-0.05, 0) is 31.2 Å². The minimum atomic E-state index is -0.354. The van der Waals surface area contributed by atoms with Crippen molar-refractivity contribution in [3.8, 4) is 0 Å². The minimum Gasteiger partial charge on any atom is -0.467 e. The first-order valence-electron chi connectivity index (χ1n) is 6.16. The van der Waals surface area contributed by atoms with Gasteiger partial charge in [0.25, 0.3) is 0 Å². The van der Waals surface area contributed by atoms with Gasteiger partial charge in [-0.2, -0.15) is 0 Å². The highest BCUT2D eigenvalue weighted by Gasteiger charge is 2.12. The van der Waals surface area contributed by atoms with Gasteiger partial charge in [-0.15, -0.1) is 0 Å². The molecule has 4 nitrogen and oxygen atoms in total. The van der Waals surface area contributed by atoms with Gasteiger partial charge in [0.1, 0.15) is 24.7 Å². The van der Waals surface area contributed by atoms with E-state index in [0.717, 1.165) is 17.1 Å². The first-order chi connectivity index (χ1) is 9.24. The molecule has 4 heteroatoms. The SMILES string of the molecule is C=C(C)CC(OCc1ccco1)OCc1ccco1. The van der Waals surface area contributed by atoms with Gasteiger partial charge in [0.2, 0.25) is 0 Å². The molecule has 0 atom stereocenters. The summed E-state index contributed by atoms with van der Waals surface area (Å²) >= 11 is 0. The van der Waals surface area contributed by atoms with Crippen molar-refractivity contribution < 1.29 is 18.3 Å². The summed E-state index contributed by atoms with van der Waals surface area (Å²) in [6.45, 7) is 6.58. The molecule has 2 aromatic heterocycles. The summed E-state index contributed by atoms with van der Waals surface area (Å²) in [5.74, 6) is 1.54. The Morgan fingerprint density at radius 1 is 1.11 bits per heavy atom. The molecule has 102 valence electrons. The van der Waals surface area contributed by atoms with Crippen molar-refractivity contribution in [1.82, 2.24) is 0 Å². The molecule has 0 aromatic carbocycles. The zero-order chi connectivity index (χ0) is 13.5. The van der Waals surface area contributed by atoms with E-state index < -0.39 is 0 Å². The molecule has 0 saturated carbocycles. The first kappa shape index (κ1) is 13.6. The van der Waals surface area contributed by atoms with Crippen LogP contribution in [0.25, 0.3) is 0 Å². The normalized spacial score (nSPS) is 11.1. The smallest absolute Gasteiger partial charge is 0.162 e. The molecule has 0 saturated heterocycles. The molecule has 2 rings (SSSR count). The van der Waals surface area contributed by atoms with Crippen LogP contribution in [-0.4, -0.2) is 6.29 Å². The summed E-state index contributed by atoms with van der Waals surface area (Å²) in [6.07, 6.45) is 3.53. The number of furan rings is 2. The third kappa shape index (κ3) is 4.77. The molecule has 0 bridgehead atoms. The molecular formula is C15H18O4. The fourth-order valence-electron chi connectivity index (χ4n) is 1.59. The summed E-state index contributed by atoms with van der Waals surface area (Å²) in [5, 5.41) is 0. The Morgan fingerprint density at radius 3 is 2.00 bits per heavy atom. The van der Waals surface area contributed by atoms with Crippen LogP contribution >= 0.6 is 0 Å². The van der Waals surface area contributed by atoms with Crippen molar-refractivity contribution in [3.05, 3.63) is 60.5 Å². The second-order valence-corrected chi connectivity index (χ2v) is 4.37. The van der Waals surface area contributed by atoms with Crippen molar-refractivity contribution >= 4 is 0 Å². The van der Waals surface area contributed by atoms with Crippen LogP contribution in [0.5, 0.6) is 0 Å². The average Bonchev–Trinajstić information content (AvgIpc) is 3.05. The van der Waals surface area contributed by atoms with Crippen molar-refractivity contribution in [3.63, 3.8) is 0 Å². The van der Waals surface area contributed by atoms with E-state index in [0.29, 0.717) is 19.6 Å². The van der Waals surface area contributed by atoms with Crippen LogP contribution in [-0.2, 0) is 22.7 Å². The second kappa shape index (κ2) is 6.97. The fourth-order valence-corrected chi connectivity index (χ4v) is 1.59. The topological polar surface area (TPSA) is 44.7 Å². The van der Waals surface area contributed by atoms with Crippen molar-refractivity contribution in [2.24, 2.45) is 0 Å². The van der Waals surface area contributed by atoms with Crippen molar-refractivity contribution in [2.75, 3.05) is 0 Å². The Labute approximate surface area is 112 Å². The van der Waals surface area contributed by atoms with Gasteiger partial charge in [0.15, 0.2) is 6.29 Å². The van der Waals surface area contributed by atoms with E-state index in [-0.39, 0.29) is 6.29 Å². The molecule has 0 fully saturated rings. The van der Waals surface area contributed by atoms with Gasteiger partial charge in [-0.1, -0.05) is 12.2 Å². The van der Waals surface area contributed by atoms with Crippen LogP contribution in [0.2, 0.25) is 0 Å². The van der Waals surface area contributed by atoms with Crippen molar-refractivity contribution in [1.29, 1.82) is 0 Å². The van der Waals surface area contributed by atoms with Gasteiger partial charge < -0.3 is 18.3 Å². The summed E-state index contributed by atoms with van der Waals surface area (Å²) in [7, 11) is 0. The first-order valence-corrected chi connectivity index (χ1v) is 6.16. The quantitative estimate of drug-likeness (QED) is 0.534. The van der Waals surface area contributed by atoms with Gasteiger partial charge >= 0.3 is 0 Å². The summed E-state index contributed by atoms with van der Waals surface area (Å²) in [5.41, 5.74) is 1.00. The van der Waals surface area contributed by atoms with E-state index in [4.69, 9.17) is 18.3 Å². The maximum atomic E-state index is 5.68. The number of hydrogen-bond acceptors (Lipinski definition) is 4. The van der Waals surface area contributed by atoms with Crippen LogP contribution < -0.4 is 0 Å². The molecule has 0 aliphatic heterocycles. The van der Waals surface area contributed by atoms with Crippen LogP contribution in [0, 0.1) is 0 Å². The Balaban J connectivity index is 1.82. The van der Waals surface area contributed by atoms with E-state index in [2.05, 4.69) is 6.58 Å². The highest BCUT2D eigenvalue weighted by Crippen LogP contribution is 2.14. The molecule has 19 heavy (non-hydrogen) atoms. The fraction of sp³-hybridized carbons (Fsp3) is 0.333. The maximum absolute atomic E-state index is 5.68. The van der Waals surface area contributed by atoms with Crippen LogP contribution in [0.15, 0.2) is 57.8 Å². The molecule has 0 aliphatic carbocycles. The molecule has 0 amide bonds. The summed E-state index contributed by atoms with van der Waals surface area (Å²) in [6, 6.07) is 7.39. The summed E-state index contributed by atoms with van der Waals surface area (Å²) in [4.78, 5) is 0. The van der Waals surface area contributed by atoms with Gasteiger partial charge in [-0.25, -0.2) is 0 Å². The van der Waals surface area contributed by atoms with Crippen LogP contribution in [0.3, 0.4) is 0 Å². The highest BCUT2D eigenvalue weighted by atomic mass is 16.7. The minimum absolute atomic E-state index is 0.354. The second-order valence-electron chi connectivity index (χ2n) is 4.37.